The molecule has 43 heavy (non-hydrogen) atoms. The van der Waals surface area contributed by atoms with Gasteiger partial charge in [-0.3, -0.25) is 0 Å². The van der Waals surface area contributed by atoms with E-state index in [1.807, 2.05) is 0 Å². The number of aliphatic hydroxyl groups is 6. The van der Waals surface area contributed by atoms with E-state index in [1.165, 1.54) is 36.4 Å². The lowest BCUT2D eigenvalue weighted by Gasteiger charge is -2.32. The molecule has 1 fully saturated rings. The molecule has 2 aromatic rings. The van der Waals surface area contributed by atoms with Crippen molar-refractivity contribution in [2.24, 2.45) is 0 Å². The topological polar surface area (TPSA) is 247 Å². The summed E-state index contributed by atoms with van der Waals surface area (Å²) in [5.74, 6) is -1.98. The highest BCUT2D eigenvalue weighted by Gasteiger charge is 2.32. The number of rotatable bonds is 12. The average Bonchev–Trinajstić information content (AvgIpc) is 2.96. The summed E-state index contributed by atoms with van der Waals surface area (Å²) in [5.41, 5.74) is 1.13. The number of benzene rings is 2. The van der Waals surface area contributed by atoms with Gasteiger partial charge < -0.3 is 65.3 Å². The van der Waals surface area contributed by atoms with Crippen LogP contribution in [0.5, 0.6) is 23.0 Å². The molecular weight excluding hydrogens is 572 g/mol. The van der Waals surface area contributed by atoms with Crippen LogP contribution in [0.1, 0.15) is 30.9 Å². The number of esters is 1. The van der Waals surface area contributed by atoms with Crippen LogP contribution in [0.15, 0.2) is 42.5 Å². The summed E-state index contributed by atoms with van der Waals surface area (Å²) < 4.78 is 15.3. The minimum absolute atomic E-state index is 0.126. The van der Waals surface area contributed by atoms with Gasteiger partial charge in [0, 0.05) is 18.9 Å². The van der Waals surface area contributed by atoms with Crippen molar-refractivity contribution in [1.82, 2.24) is 0 Å². The van der Waals surface area contributed by atoms with E-state index in [4.69, 9.17) is 29.5 Å². The molecule has 0 saturated carbocycles. The number of aromatic hydroxyl groups is 4. The van der Waals surface area contributed by atoms with Gasteiger partial charge in [0.1, 0.15) is 18.3 Å². The Kier molecular flexibility index (Phi) is 14.6. The molecule has 3 rings (SSSR count). The van der Waals surface area contributed by atoms with Crippen molar-refractivity contribution in [3.63, 3.8) is 0 Å². The number of hydrogen-bond donors (Lipinski definition) is 10. The maximum Gasteiger partial charge on any atom is 0.331 e. The number of hydrogen-bond acceptors (Lipinski definition) is 14. The van der Waals surface area contributed by atoms with Crippen molar-refractivity contribution < 1.29 is 70.1 Å². The Morgan fingerprint density at radius 3 is 2.23 bits per heavy atom. The lowest BCUT2D eigenvalue weighted by atomic mass is 10.0. The van der Waals surface area contributed by atoms with Crippen molar-refractivity contribution in [2.75, 3.05) is 19.8 Å². The van der Waals surface area contributed by atoms with E-state index in [0.29, 0.717) is 12.0 Å². The number of phenolic OH excluding ortho intramolecular Hbond substituents is 4. The van der Waals surface area contributed by atoms with Crippen molar-refractivity contribution in [2.45, 2.75) is 69.1 Å². The van der Waals surface area contributed by atoms with Crippen LogP contribution < -0.4 is 0 Å². The Hall–Kier alpha value is -3.47. The lowest BCUT2D eigenvalue weighted by molar-refractivity contribution is -0.240. The highest BCUT2D eigenvalue weighted by Crippen LogP contribution is 2.26. The molecular formula is C29H40O14. The van der Waals surface area contributed by atoms with Gasteiger partial charge >= 0.3 is 5.97 Å². The minimum Gasteiger partial charge on any atom is -0.504 e. The van der Waals surface area contributed by atoms with E-state index in [9.17, 15) is 40.5 Å². The third-order valence-corrected chi connectivity index (χ3v) is 6.39. The molecule has 14 heteroatoms. The van der Waals surface area contributed by atoms with E-state index < -0.39 is 55.5 Å². The first-order chi connectivity index (χ1) is 20.3. The second-order valence-corrected chi connectivity index (χ2v) is 9.95. The molecule has 1 aliphatic heterocycles. The van der Waals surface area contributed by atoms with Gasteiger partial charge in [-0.15, -0.1) is 0 Å². The number of phenols is 4. The van der Waals surface area contributed by atoms with Crippen LogP contribution in [0.2, 0.25) is 0 Å². The van der Waals surface area contributed by atoms with Crippen LogP contribution >= 0.6 is 0 Å². The number of ether oxygens (including phenoxy) is 3. The first kappa shape index (κ1) is 35.7. The summed E-state index contributed by atoms with van der Waals surface area (Å²) in [5, 5.41) is 93.7. The second-order valence-electron chi connectivity index (χ2n) is 9.95. The predicted octanol–water partition coefficient (Wildman–Crippen LogP) is -0.367. The van der Waals surface area contributed by atoms with Crippen LogP contribution in [-0.4, -0.2) is 120 Å². The fraction of sp³-hybridized carbons (Fsp3) is 0.483. The van der Waals surface area contributed by atoms with Crippen molar-refractivity contribution in [3.8, 4) is 23.0 Å². The van der Waals surface area contributed by atoms with Crippen LogP contribution in [0.4, 0.5) is 0 Å². The molecule has 14 nitrogen and oxygen atoms in total. The third kappa shape index (κ3) is 12.3. The van der Waals surface area contributed by atoms with Gasteiger partial charge in [0.2, 0.25) is 0 Å². The van der Waals surface area contributed by atoms with Crippen LogP contribution in [0.3, 0.4) is 0 Å². The zero-order valence-corrected chi connectivity index (χ0v) is 23.5. The number of carbonyl (C=O) groups excluding carboxylic acids is 1. The Labute approximate surface area is 247 Å². The van der Waals surface area contributed by atoms with Gasteiger partial charge in [-0.25, -0.2) is 4.79 Å². The molecule has 0 bridgehead atoms. The smallest absolute Gasteiger partial charge is 0.331 e. The summed E-state index contributed by atoms with van der Waals surface area (Å²) in [6, 6.07) is 8.32. The van der Waals surface area contributed by atoms with Crippen molar-refractivity contribution in [3.05, 3.63) is 53.6 Å². The van der Waals surface area contributed by atoms with E-state index >= 15 is 0 Å². The molecule has 0 amide bonds. The second kappa shape index (κ2) is 17.6. The van der Waals surface area contributed by atoms with Gasteiger partial charge in [-0.2, -0.15) is 0 Å². The third-order valence-electron chi connectivity index (χ3n) is 6.39. The molecule has 0 unspecified atom stereocenters. The Bertz CT molecular complexity index is 1150. The maximum atomic E-state index is 12.1. The Morgan fingerprint density at radius 1 is 0.977 bits per heavy atom. The standard InChI is InChI=1S/C23H28O10.C6H12O4/c24-12-21(30)22(33-23(31)6-3-14-1-4-17(26)19(28)9-14)11-16(25)13-32-8-7-15-2-5-18(27)20(29)10-15;1-3-4(7)2-5(8)6(9)10-3/h1-6,9-10,16,21-22,24-30H,7-8,11-13H2;3-9H,2H2,1H3/b6-3+;/t16-,21-,22+;3-,4+,5+,6+/m10/s1. The van der Waals surface area contributed by atoms with Crippen LogP contribution in [0.25, 0.3) is 6.08 Å². The molecule has 1 heterocycles. The Morgan fingerprint density at radius 2 is 1.63 bits per heavy atom. The zero-order valence-electron chi connectivity index (χ0n) is 23.5. The summed E-state index contributed by atoms with van der Waals surface area (Å²) in [4.78, 5) is 12.1. The van der Waals surface area contributed by atoms with Gasteiger partial charge in [-0.1, -0.05) is 12.1 Å². The van der Waals surface area contributed by atoms with Gasteiger partial charge in [0.25, 0.3) is 0 Å². The van der Waals surface area contributed by atoms with E-state index in [2.05, 4.69) is 0 Å². The van der Waals surface area contributed by atoms with Crippen molar-refractivity contribution >= 4 is 12.0 Å². The maximum absolute atomic E-state index is 12.1. The molecule has 1 saturated heterocycles. The minimum atomic E-state index is -1.42. The first-order valence-corrected chi connectivity index (χ1v) is 13.5. The zero-order chi connectivity index (χ0) is 32.1. The largest absolute Gasteiger partial charge is 0.504 e. The number of aliphatic hydroxyl groups excluding tert-OH is 6. The number of carbonyl (C=O) groups is 1. The Balaban J connectivity index is 0.000000543. The van der Waals surface area contributed by atoms with Gasteiger partial charge in [0.05, 0.1) is 38.1 Å². The van der Waals surface area contributed by atoms with Gasteiger partial charge in [0.15, 0.2) is 29.3 Å². The SMILES string of the molecule is C[C@@H]1O[C@@H](O)[C@H](O)C[C@H]1O.O=C(/C=C/c1ccc(O)c(O)c1)O[C@@H](C[C@@H](O)COCCc1ccc(O)c(O)c1)[C@H](O)CO. The van der Waals surface area contributed by atoms with Crippen LogP contribution in [-0.2, 0) is 25.4 Å². The highest BCUT2D eigenvalue weighted by atomic mass is 16.6. The molecule has 7 atom stereocenters. The van der Waals surface area contributed by atoms with E-state index in [-0.39, 0.29) is 49.1 Å². The summed E-state index contributed by atoms with van der Waals surface area (Å²) in [6.45, 7) is 1.04. The molecule has 0 spiro atoms. The molecule has 0 radical (unpaired) electrons. The predicted molar refractivity (Wildman–Crippen MR) is 150 cm³/mol. The molecule has 10 N–H and O–H groups in total. The summed E-state index contributed by atoms with van der Waals surface area (Å²) >= 11 is 0. The fourth-order valence-corrected chi connectivity index (χ4v) is 3.83. The summed E-state index contributed by atoms with van der Waals surface area (Å²) in [7, 11) is 0. The lowest BCUT2D eigenvalue weighted by Crippen LogP contribution is -2.45. The van der Waals surface area contributed by atoms with Gasteiger partial charge in [-0.05, 0) is 54.8 Å². The van der Waals surface area contributed by atoms with Crippen LogP contribution in [0, 0.1) is 0 Å². The highest BCUT2D eigenvalue weighted by molar-refractivity contribution is 5.87. The molecule has 0 aromatic heterocycles. The molecule has 1 aliphatic rings. The molecule has 2 aromatic carbocycles. The first-order valence-electron chi connectivity index (χ1n) is 13.5. The van der Waals surface area contributed by atoms with Crippen molar-refractivity contribution in [1.29, 1.82) is 0 Å². The molecule has 0 aliphatic carbocycles. The normalized spacial score (nSPS) is 22.3. The summed E-state index contributed by atoms with van der Waals surface area (Å²) in [6.07, 6.45) is -4.11. The van der Waals surface area contributed by atoms with E-state index in [1.54, 1.807) is 13.0 Å². The fourth-order valence-electron chi connectivity index (χ4n) is 3.83. The monoisotopic (exact) mass is 612 g/mol. The average molecular weight is 613 g/mol. The molecule has 240 valence electrons. The quantitative estimate of drug-likeness (QED) is 0.0636. The van der Waals surface area contributed by atoms with E-state index in [0.717, 1.165) is 11.6 Å².